The predicted octanol–water partition coefficient (Wildman–Crippen LogP) is 3.37. The van der Waals surface area contributed by atoms with Crippen molar-refractivity contribution in [1.29, 1.82) is 0 Å². The van der Waals surface area contributed by atoms with Crippen molar-refractivity contribution in [3.63, 3.8) is 0 Å². The summed E-state index contributed by atoms with van der Waals surface area (Å²) in [4.78, 5) is 25.5. The molecule has 2 aromatic rings. The average Bonchev–Trinajstić information content (AvgIpc) is 2.59. The van der Waals surface area contributed by atoms with E-state index in [0.717, 1.165) is 5.56 Å². The summed E-state index contributed by atoms with van der Waals surface area (Å²) in [5.74, 6) is -0.178. The van der Waals surface area contributed by atoms with Crippen molar-refractivity contribution in [1.82, 2.24) is 0 Å². The van der Waals surface area contributed by atoms with Crippen LogP contribution < -0.4 is 20.7 Å². The fourth-order valence-electron chi connectivity index (χ4n) is 2.99. The molecule has 0 aromatic heterocycles. The molecule has 0 saturated carbocycles. The van der Waals surface area contributed by atoms with Gasteiger partial charge in [-0.15, -0.1) is 0 Å². The summed E-state index contributed by atoms with van der Waals surface area (Å²) in [6, 6.07) is 10.3. The second kappa shape index (κ2) is 7.38. The lowest BCUT2D eigenvalue weighted by Gasteiger charge is -2.30. The Morgan fingerprint density at radius 3 is 2.73 bits per heavy atom. The highest BCUT2D eigenvalue weighted by Crippen LogP contribution is 2.32. The van der Waals surface area contributed by atoms with Gasteiger partial charge in [-0.05, 0) is 54.8 Å². The van der Waals surface area contributed by atoms with E-state index in [4.69, 9.17) is 5.73 Å². The fraction of sp³-hybridized carbons (Fsp3) is 0.222. The van der Waals surface area contributed by atoms with Crippen molar-refractivity contribution < 1.29 is 23.1 Å². The molecule has 0 spiro atoms. The predicted molar refractivity (Wildman–Crippen MR) is 92.7 cm³/mol. The number of hydrogen-bond donors (Lipinski definition) is 2. The number of ether oxygens (including phenoxy) is 1. The quantitative estimate of drug-likeness (QED) is 0.876. The Hall–Kier alpha value is -3.16. The van der Waals surface area contributed by atoms with Gasteiger partial charge in [0.1, 0.15) is 5.75 Å². The van der Waals surface area contributed by atoms with Gasteiger partial charge in [0.15, 0.2) is 0 Å². The van der Waals surface area contributed by atoms with Gasteiger partial charge in [0.25, 0.3) is 5.91 Å². The Kier molecular flexibility index (Phi) is 5.01. The maximum atomic E-state index is 12.9. The van der Waals surface area contributed by atoms with Gasteiger partial charge >= 0.3 is 12.6 Å². The molecule has 2 aromatic carbocycles. The SMILES string of the molecule is NC(=O)Nc1cccc(C(=O)N2CCCc3cc(OC(F)F)ccc32)c1. The largest absolute Gasteiger partial charge is 0.435 e. The molecule has 0 fully saturated rings. The number of nitrogens with two attached hydrogens (primary N) is 1. The van der Waals surface area contributed by atoms with Crippen LogP contribution in [0, 0.1) is 0 Å². The lowest BCUT2D eigenvalue weighted by Crippen LogP contribution is -2.35. The van der Waals surface area contributed by atoms with Crippen molar-refractivity contribution >= 4 is 23.3 Å². The zero-order valence-corrected chi connectivity index (χ0v) is 13.7. The number of fused-ring (bicyclic) bond motifs is 1. The first kappa shape index (κ1) is 17.7. The monoisotopic (exact) mass is 361 g/mol. The minimum absolute atomic E-state index is 0.0701. The number of hydrogen-bond acceptors (Lipinski definition) is 3. The minimum atomic E-state index is -2.89. The highest BCUT2D eigenvalue weighted by molar-refractivity contribution is 6.07. The number of nitrogens with zero attached hydrogens (tertiary/aromatic N) is 1. The van der Waals surface area contributed by atoms with E-state index in [1.165, 1.54) is 18.2 Å². The van der Waals surface area contributed by atoms with E-state index in [-0.39, 0.29) is 11.7 Å². The van der Waals surface area contributed by atoms with Gasteiger partial charge in [-0.25, -0.2) is 4.79 Å². The van der Waals surface area contributed by atoms with Crippen molar-refractivity contribution in [2.45, 2.75) is 19.5 Å². The van der Waals surface area contributed by atoms with Crippen LogP contribution in [-0.4, -0.2) is 25.1 Å². The Morgan fingerprint density at radius 1 is 1.19 bits per heavy atom. The smallest absolute Gasteiger partial charge is 0.387 e. The maximum Gasteiger partial charge on any atom is 0.387 e. The van der Waals surface area contributed by atoms with Crippen LogP contribution >= 0.6 is 0 Å². The number of anilines is 2. The summed E-state index contributed by atoms with van der Waals surface area (Å²) >= 11 is 0. The Morgan fingerprint density at radius 2 is 2.00 bits per heavy atom. The number of rotatable bonds is 4. The number of halogens is 2. The van der Waals surface area contributed by atoms with Gasteiger partial charge in [0.05, 0.1) is 0 Å². The number of carbonyl (C=O) groups excluding carboxylic acids is 2. The summed E-state index contributed by atoms with van der Waals surface area (Å²) < 4.78 is 29.2. The molecule has 3 amide bonds. The van der Waals surface area contributed by atoms with Crippen LogP contribution in [0.4, 0.5) is 25.0 Å². The number of primary amides is 1. The van der Waals surface area contributed by atoms with E-state index in [2.05, 4.69) is 10.1 Å². The van der Waals surface area contributed by atoms with Crippen LogP contribution in [0.15, 0.2) is 42.5 Å². The fourth-order valence-corrected chi connectivity index (χ4v) is 2.99. The van der Waals surface area contributed by atoms with Crippen LogP contribution in [0.25, 0.3) is 0 Å². The summed E-state index contributed by atoms with van der Waals surface area (Å²) in [6.45, 7) is -2.39. The van der Waals surface area contributed by atoms with Crippen LogP contribution in [0.5, 0.6) is 5.75 Å². The summed E-state index contributed by atoms with van der Waals surface area (Å²) in [7, 11) is 0. The maximum absolute atomic E-state index is 12.9. The highest BCUT2D eigenvalue weighted by atomic mass is 19.3. The highest BCUT2D eigenvalue weighted by Gasteiger charge is 2.24. The molecule has 3 N–H and O–H groups in total. The van der Waals surface area contributed by atoms with Gasteiger partial charge in [-0.2, -0.15) is 8.78 Å². The van der Waals surface area contributed by atoms with Crippen molar-refractivity contribution in [3.05, 3.63) is 53.6 Å². The molecule has 8 heteroatoms. The van der Waals surface area contributed by atoms with Crippen molar-refractivity contribution in [2.24, 2.45) is 5.73 Å². The van der Waals surface area contributed by atoms with Crippen molar-refractivity contribution in [2.75, 3.05) is 16.8 Å². The average molecular weight is 361 g/mol. The molecule has 0 bridgehead atoms. The van der Waals surface area contributed by atoms with E-state index in [0.29, 0.717) is 36.3 Å². The molecule has 0 radical (unpaired) electrons. The first-order valence-electron chi connectivity index (χ1n) is 8.00. The summed E-state index contributed by atoms with van der Waals surface area (Å²) in [6.07, 6.45) is 1.37. The first-order valence-corrected chi connectivity index (χ1v) is 8.00. The molecule has 3 rings (SSSR count). The van der Waals surface area contributed by atoms with E-state index < -0.39 is 12.6 Å². The molecule has 0 saturated heterocycles. The second-order valence-electron chi connectivity index (χ2n) is 5.80. The molecule has 0 atom stereocenters. The molecule has 6 nitrogen and oxygen atoms in total. The number of carbonyl (C=O) groups is 2. The molecule has 0 aliphatic carbocycles. The number of alkyl halides is 2. The van der Waals surface area contributed by atoms with Crippen LogP contribution in [-0.2, 0) is 6.42 Å². The zero-order valence-electron chi connectivity index (χ0n) is 13.7. The third-order valence-corrected chi connectivity index (χ3v) is 4.02. The summed E-state index contributed by atoms with van der Waals surface area (Å²) in [5.41, 5.74) is 7.33. The van der Waals surface area contributed by atoms with E-state index in [9.17, 15) is 18.4 Å². The van der Waals surface area contributed by atoms with E-state index in [1.54, 1.807) is 29.2 Å². The van der Waals surface area contributed by atoms with Gasteiger partial charge in [-0.3, -0.25) is 4.79 Å². The number of amides is 3. The first-order chi connectivity index (χ1) is 12.4. The Bertz CT molecular complexity index is 842. The standard InChI is InChI=1S/C18H17F2N3O3/c19-17(20)26-14-6-7-15-11(10-14)4-2-8-23(15)16(24)12-3-1-5-13(9-12)22-18(21)25/h1,3,5-7,9-10,17H,2,4,8H2,(H3,21,22,25). The van der Waals surface area contributed by atoms with Crippen LogP contribution in [0.2, 0.25) is 0 Å². The number of aryl methyl sites for hydroxylation is 1. The van der Waals surface area contributed by atoms with Gasteiger partial charge in [0.2, 0.25) is 0 Å². The van der Waals surface area contributed by atoms with Gasteiger partial charge < -0.3 is 20.7 Å². The number of nitrogens with one attached hydrogen (secondary N) is 1. The molecule has 136 valence electrons. The van der Waals surface area contributed by atoms with E-state index >= 15 is 0 Å². The molecular weight excluding hydrogens is 344 g/mol. The third kappa shape index (κ3) is 3.90. The van der Waals surface area contributed by atoms with E-state index in [1.807, 2.05) is 0 Å². The van der Waals surface area contributed by atoms with Gasteiger partial charge in [-0.1, -0.05) is 6.07 Å². The molecule has 0 unspecified atom stereocenters. The third-order valence-electron chi connectivity index (χ3n) is 4.02. The summed E-state index contributed by atoms with van der Waals surface area (Å²) in [5, 5.41) is 2.43. The molecule has 1 heterocycles. The Balaban J connectivity index is 1.87. The van der Waals surface area contributed by atoms with Crippen LogP contribution in [0.3, 0.4) is 0 Å². The Labute approximate surface area is 148 Å². The lowest BCUT2D eigenvalue weighted by atomic mass is 10.00. The van der Waals surface area contributed by atoms with Crippen LogP contribution in [0.1, 0.15) is 22.3 Å². The topological polar surface area (TPSA) is 84.7 Å². The lowest BCUT2D eigenvalue weighted by molar-refractivity contribution is -0.0498. The second-order valence-corrected chi connectivity index (χ2v) is 5.80. The molecule has 1 aliphatic rings. The molecule has 1 aliphatic heterocycles. The van der Waals surface area contributed by atoms with Gasteiger partial charge in [0, 0.05) is 23.5 Å². The molecule has 26 heavy (non-hydrogen) atoms. The normalized spacial score (nSPS) is 13.3. The molecular formula is C18H17F2N3O3. The zero-order chi connectivity index (χ0) is 18.7. The van der Waals surface area contributed by atoms with Crippen molar-refractivity contribution in [3.8, 4) is 5.75 Å². The number of benzene rings is 2. The minimum Gasteiger partial charge on any atom is -0.435 e. The number of urea groups is 1.